The second-order valence-electron chi connectivity index (χ2n) is 6.71. The van der Waals surface area contributed by atoms with Crippen LogP contribution in [0.4, 0.5) is 0 Å². The first-order valence-electron chi connectivity index (χ1n) is 8.49. The molecule has 1 aliphatic rings. The standard InChI is InChI=1S/C19H24N4O2/c1-4-19(13-24)5-7-23(8-6-19)18(25)16(11-20)9-15-10-17(12-21)22(3)14(15)2/h9-10,24H,4-8,13H2,1-3H3/b16-9+. The van der Waals surface area contributed by atoms with Gasteiger partial charge in [-0.15, -0.1) is 0 Å². The van der Waals surface area contributed by atoms with Crippen LogP contribution in [0.1, 0.15) is 43.1 Å². The molecule has 0 atom stereocenters. The summed E-state index contributed by atoms with van der Waals surface area (Å²) < 4.78 is 1.74. The van der Waals surface area contributed by atoms with Gasteiger partial charge in [0.05, 0.1) is 0 Å². The largest absolute Gasteiger partial charge is 0.396 e. The van der Waals surface area contributed by atoms with E-state index in [9.17, 15) is 15.2 Å². The number of amides is 1. The fourth-order valence-corrected chi connectivity index (χ4v) is 3.25. The van der Waals surface area contributed by atoms with Crippen LogP contribution < -0.4 is 0 Å². The third-order valence-corrected chi connectivity index (χ3v) is 5.54. The summed E-state index contributed by atoms with van der Waals surface area (Å²) in [6, 6.07) is 5.78. The van der Waals surface area contributed by atoms with Crippen molar-refractivity contribution >= 4 is 12.0 Å². The zero-order chi connectivity index (χ0) is 18.6. The smallest absolute Gasteiger partial charge is 0.264 e. The Bertz CT molecular complexity index is 763. The predicted molar refractivity (Wildman–Crippen MR) is 94.1 cm³/mol. The van der Waals surface area contributed by atoms with Gasteiger partial charge in [0.25, 0.3) is 5.91 Å². The van der Waals surface area contributed by atoms with E-state index in [1.165, 1.54) is 0 Å². The summed E-state index contributed by atoms with van der Waals surface area (Å²) in [5.41, 5.74) is 2.00. The fourth-order valence-electron chi connectivity index (χ4n) is 3.25. The quantitative estimate of drug-likeness (QED) is 0.671. The summed E-state index contributed by atoms with van der Waals surface area (Å²) in [7, 11) is 1.78. The molecule has 6 heteroatoms. The topological polar surface area (TPSA) is 93.1 Å². The van der Waals surface area contributed by atoms with Crippen LogP contribution in [0, 0.1) is 35.0 Å². The highest BCUT2D eigenvalue weighted by molar-refractivity contribution is 6.01. The van der Waals surface area contributed by atoms with Crippen LogP contribution in [-0.2, 0) is 11.8 Å². The first-order valence-corrected chi connectivity index (χ1v) is 8.49. The second kappa shape index (κ2) is 7.55. The summed E-state index contributed by atoms with van der Waals surface area (Å²) in [6.07, 6.45) is 3.93. The van der Waals surface area contributed by atoms with E-state index in [2.05, 4.69) is 13.0 Å². The lowest BCUT2D eigenvalue weighted by atomic mass is 9.77. The predicted octanol–water partition coefficient (Wildman–Crippen LogP) is 2.12. The van der Waals surface area contributed by atoms with E-state index in [1.807, 2.05) is 13.0 Å². The number of nitriles is 2. The molecule has 0 aromatic carbocycles. The molecule has 1 fully saturated rings. The highest BCUT2D eigenvalue weighted by Gasteiger charge is 2.34. The Hall–Kier alpha value is -2.57. The minimum absolute atomic E-state index is 0.0752. The summed E-state index contributed by atoms with van der Waals surface area (Å²) in [6.45, 7) is 5.13. The molecule has 132 valence electrons. The SMILES string of the molecule is CCC1(CO)CCN(C(=O)/C(C#N)=C/c2cc(C#N)n(C)c2C)CC1. The molecule has 1 amide bonds. The number of nitrogens with zero attached hydrogens (tertiary/aromatic N) is 4. The lowest BCUT2D eigenvalue weighted by Gasteiger charge is -2.40. The van der Waals surface area contributed by atoms with Crippen LogP contribution in [0.2, 0.25) is 0 Å². The van der Waals surface area contributed by atoms with Crippen molar-refractivity contribution in [2.75, 3.05) is 19.7 Å². The Morgan fingerprint density at radius 2 is 2.04 bits per heavy atom. The van der Waals surface area contributed by atoms with Crippen LogP contribution in [0.3, 0.4) is 0 Å². The van der Waals surface area contributed by atoms with Gasteiger partial charge < -0.3 is 14.6 Å². The van der Waals surface area contributed by atoms with E-state index in [-0.39, 0.29) is 23.5 Å². The van der Waals surface area contributed by atoms with Gasteiger partial charge in [0.15, 0.2) is 0 Å². The van der Waals surface area contributed by atoms with Gasteiger partial charge in [-0.1, -0.05) is 6.92 Å². The molecule has 0 radical (unpaired) electrons. The molecule has 2 heterocycles. The monoisotopic (exact) mass is 340 g/mol. The average molecular weight is 340 g/mol. The number of carbonyl (C=O) groups is 1. The average Bonchev–Trinajstić information content (AvgIpc) is 2.93. The molecule has 2 rings (SSSR count). The third-order valence-electron chi connectivity index (χ3n) is 5.54. The maximum atomic E-state index is 12.7. The molecular weight excluding hydrogens is 316 g/mol. The molecule has 1 aromatic heterocycles. The number of aromatic nitrogens is 1. The van der Waals surface area contributed by atoms with Gasteiger partial charge in [-0.25, -0.2) is 0 Å². The van der Waals surface area contributed by atoms with Crippen LogP contribution in [0.5, 0.6) is 0 Å². The van der Waals surface area contributed by atoms with Crippen molar-refractivity contribution in [1.29, 1.82) is 10.5 Å². The Morgan fingerprint density at radius 1 is 1.40 bits per heavy atom. The van der Waals surface area contributed by atoms with Gasteiger partial charge in [0.2, 0.25) is 0 Å². The number of hydrogen-bond donors (Lipinski definition) is 1. The third kappa shape index (κ3) is 3.60. The van der Waals surface area contributed by atoms with E-state index in [4.69, 9.17) is 5.26 Å². The second-order valence-corrected chi connectivity index (χ2v) is 6.71. The molecule has 0 aliphatic carbocycles. The van der Waals surface area contributed by atoms with Crippen LogP contribution >= 0.6 is 0 Å². The van der Waals surface area contributed by atoms with Crippen LogP contribution in [-0.4, -0.2) is 40.2 Å². The zero-order valence-corrected chi connectivity index (χ0v) is 15.0. The van der Waals surface area contributed by atoms with Crippen molar-refractivity contribution in [1.82, 2.24) is 9.47 Å². The van der Waals surface area contributed by atoms with E-state index in [0.717, 1.165) is 25.0 Å². The van der Waals surface area contributed by atoms with Crippen LogP contribution in [0.25, 0.3) is 6.08 Å². The number of aliphatic hydroxyl groups excluding tert-OH is 1. The number of piperidine rings is 1. The van der Waals surface area contributed by atoms with E-state index >= 15 is 0 Å². The molecule has 6 nitrogen and oxygen atoms in total. The van der Waals surface area contributed by atoms with Crippen molar-refractivity contribution in [3.63, 3.8) is 0 Å². The number of hydrogen-bond acceptors (Lipinski definition) is 4. The highest BCUT2D eigenvalue weighted by atomic mass is 16.3. The summed E-state index contributed by atoms with van der Waals surface area (Å²) in [5.74, 6) is -0.285. The zero-order valence-electron chi connectivity index (χ0n) is 15.0. The normalized spacial score (nSPS) is 17.0. The number of likely N-dealkylation sites (tertiary alicyclic amines) is 1. The van der Waals surface area contributed by atoms with Gasteiger partial charge in [0.1, 0.15) is 23.4 Å². The summed E-state index contributed by atoms with van der Waals surface area (Å²) >= 11 is 0. The fraction of sp³-hybridized carbons (Fsp3) is 0.526. The molecule has 1 N–H and O–H groups in total. The van der Waals surface area contributed by atoms with Gasteiger partial charge in [0, 0.05) is 32.4 Å². The minimum atomic E-state index is -0.285. The first kappa shape index (κ1) is 18.8. The van der Waals surface area contributed by atoms with Gasteiger partial charge >= 0.3 is 0 Å². The molecule has 0 bridgehead atoms. The molecular formula is C19H24N4O2. The number of carbonyl (C=O) groups excluding carboxylic acids is 1. The van der Waals surface area contributed by atoms with E-state index in [1.54, 1.807) is 28.7 Å². The lowest BCUT2D eigenvalue weighted by molar-refractivity contribution is -0.129. The van der Waals surface area contributed by atoms with Crippen molar-refractivity contribution in [3.05, 3.63) is 28.6 Å². The van der Waals surface area contributed by atoms with Gasteiger partial charge in [-0.3, -0.25) is 4.79 Å². The van der Waals surface area contributed by atoms with E-state index < -0.39 is 0 Å². The number of aliphatic hydroxyl groups is 1. The maximum Gasteiger partial charge on any atom is 0.264 e. The summed E-state index contributed by atoms with van der Waals surface area (Å²) in [4.78, 5) is 14.4. The molecule has 25 heavy (non-hydrogen) atoms. The van der Waals surface area contributed by atoms with Gasteiger partial charge in [-0.05, 0) is 49.3 Å². The molecule has 0 unspecified atom stereocenters. The Labute approximate surface area is 148 Å². The Balaban J connectivity index is 2.21. The minimum Gasteiger partial charge on any atom is -0.396 e. The van der Waals surface area contributed by atoms with Crippen molar-refractivity contribution in [2.45, 2.75) is 33.1 Å². The van der Waals surface area contributed by atoms with Crippen molar-refractivity contribution < 1.29 is 9.90 Å². The highest BCUT2D eigenvalue weighted by Crippen LogP contribution is 2.34. The maximum absolute atomic E-state index is 12.7. The van der Waals surface area contributed by atoms with E-state index in [0.29, 0.717) is 24.3 Å². The molecule has 0 saturated carbocycles. The summed E-state index contributed by atoms with van der Waals surface area (Å²) in [5, 5.41) is 28.1. The number of rotatable bonds is 4. The molecule has 1 saturated heterocycles. The van der Waals surface area contributed by atoms with Crippen molar-refractivity contribution in [3.8, 4) is 12.1 Å². The van der Waals surface area contributed by atoms with Crippen molar-refractivity contribution in [2.24, 2.45) is 12.5 Å². The first-order chi connectivity index (χ1) is 11.9. The molecule has 1 aliphatic heterocycles. The van der Waals surface area contributed by atoms with Crippen LogP contribution in [0.15, 0.2) is 11.6 Å². The van der Waals surface area contributed by atoms with Gasteiger partial charge in [-0.2, -0.15) is 10.5 Å². The lowest BCUT2D eigenvalue weighted by Crippen LogP contribution is -2.44. The molecule has 0 spiro atoms. The molecule has 1 aromatic rings. The Kier molecular flexibility index (Phi) is 5.66. The Morgan fingerprint density at radius 3 is 2.48 bits per heavy atom.